The first-order valence-electron chi connectivity index (χ1n) is 10.9. The third-order valence-electron chi connectivity index (χ3n) is 6.56. The van der Waals surface area contributed by atoms with Crippen molar-refractivity contribution in [1.29, 1.82) is 0 Å². The van der Waals surface area contributed by atoms with Gasteiger partial charge in [0.25, 0.3) is 5.91 Å². The van der Waals surface area contributed by atoms with E-state index in [-0.39, 0.29) is 36.7 Å². The molecule has 3 aromatic rings. The summed E-state index contributed by atoms with van der Waals surface area (Å²) >= 11 is 0. The van der Waals surface area contributed by atoms with E-state index in [1.54, 1.807) is 21.9 Å². The van der Waals surface area contributed by atoms with Crippen LogP contribution in [0, 0.1) is 0 Å². The van der Waals surface area contributed by atoms with Crippen LogP contribution in [-0.4, -0.2) is 34.8 Å². The summed E-state index contributed by atoms with van der Waals surface area (Å²) in [5, 5.41) is 3.95. The molecule has 1 aromatic heterocycles. The van der Waals surface area contributed by atoms with E-state index in [2.05, 4.69) is 5.32 Å². The fraction of sp³-hybridized carbons (Fsp3) is 0.320. The van der Waals surface area contributed by atoms with E-state index >= 15 is 0 Å². The summed E-state index contributed by atoms with van der Waals surface area (Å²) < 4.78 is 5.84. The van der Waals surface area contributed by atoms with E-state index in [4.69, 9.17) is 4.42 Å². The predicted molar refractivity (Wildman–Crippen MR) is 120 cm³/mol. The number of carbonyl (C=O) groups is 3. The molecule has 0 radical (unpaired) electrons. The largest absolute Gasteiger partial charge is 0.459 e. The number of amides is 3. The Labute approximate surface area is 186 Å². The Morgan fingerprint density at radius 2 is 1.91 bits per heavy atom. The summed E-state index contributed by atoms with van der Waals surface area (Å²) in [4.78, 5) is 42.0. The number of anilines is 1. The second-order valence-corrected chi connectivity index (χ2v) is 8.65. The molecule has 0 saturated carbocycles. The monoisotopic (exact) mass is 431 g/mol. The van der Waals surface area contributed by atoms with E-state index in [1.165, 1.54) is 0 Å². The third-order valence-corrected chi connectivity index (χ3v) is 6.56. The molecule has 1 N–H and O–H groups in total. The van der Waals surface area contributed by atoms with Crippen molar-refractivity contribution in [1.82, 2.24) is 10.2 Å². The number of hydrogen-bond donors (Lipinski definition) is 1. The molecular weight excluding hydrogens is 406 g/mol. The van der Waals surface area contributed by atoms with Crippen LogP contribution in [0.5, 0.6) is 0 Å². The van der Waals surface area contributed by atoms with Gasteiger partial charge in [0, 0.05) is 24.8 Å². The second kappa shape index (κ2) is 7.51. The number of fused-ring (bicyclic) bond motifs is 4. The Bertz CT molecular complexity index is 1200. The summed E-state index contributed by atoms with van der Waals surface area (Å²) in [6.45, 7) is 4.00. The van der Waals surface area contributed by atoms with Crippen LogP contribution in [0.4, 0.5) is 5.69 Å². The molecular formula is C25H25N3O4. The zero-order chi connectivity index (χ0) is 22.5. The van der Waals surface area contributed by atoms with Gasteiger partial charge in [-0.2, -0.15) is 0 Å². The van der Waals surface area contributed by atoms with Gasteiger partial charge in [-0.1, -0.05) is 30.3 Å². The molecule has 0 unspecified atom stereocenters. The maximum atomic E-state index is 13.3. The lowest BCUT2D eigenvalue weighted by Gasteiger charge is -2.48. The number of hydrogen-bond acceptors (Lipinski definition) is 4. The third kappa shape index (κ3) is 3.16. The van der Waals surface area contributed by atoms with Crippen LogP contribution < -0.4 is 10.2 Å². The molecule has 1 fully saturated rings. The number of nitrogens with zero attached hydrogens (tertiary/aromatic N) is 2. The van der Waals surface area contributed by atoms with Gasteiger partial charge in [0.15, 0.2) is 0 Å². The molecule has 2 aliphatic heterocycles. The van der Waals surface area contributed by atoms with Gasteiger partial charge in [-0.05, 0) is 44.5 Å². The molecule has 2 aromatic carbocycles. The topological polar surface area (TPSA) is 82.9 Å². The average molecular weight is 431 g/mol. The Morgan fingerprint density at radius 1 is 1.16 bits per heavy atom. The van der Waals surface area contributed by atoms with Gasteiger partial charge in [-0.15, -0.1) is 0 Å². The molecule has 164 valence electrons. The highest BCUT2D eigenvalue weighted by Gasteiger charge is 2.52. The first-order valence-corrected chi connectivity index (χ1v) is 10.9. The lowest BCUT2D eigenvalue weighted by molar-refractivity contribution is -0.122. The van der Waals surface area contributed by atoms with Gasteiger partial charge in [-0.3, -0.25) is 19.3 Å². The van der Waals surface area contributed by atoms with Crippen LogP contribution in [0.2, 0.25) is 0 Å². The van der Waals surface area contributed by atoms with Crippen LogP contribution in [0.3, 0.4) is 0 Å². The smallest absolute Gasteiger partial charge is 0.257 e. The fourth-order valence-electron chi connectivity index (χ4n) is 4.86. The van der Waals surface area contributed by atoms with Crippen molar-refractivity contribution >= 4 is 34.4 Å². The number of para-hydroxylation sites is 2. The number of furan rings is 1. The van der Waals surface area contributed by atoms with Gasteiger partial charge in [0.1, 0.15) is 17.0 Å². The first kappa shape index (κ1) is 20.3. The highest BCUT2D eigenvalue weighted by molar-refractivity contribution is 6.10. The van der Waals surface area contributed by atoms with E-state index in [0.29, 0.717) is 29.9 Å². The van der Waals surface area contributed by atoms with Gasteiger partial charge in [0.2, 0.25) is 11.8 Å². The molecule has 3 amide bonds. The fourth-order valence-corrected chi connectivity index (χ4v) is 4.86. The molecule has 3 heterocycles. The van der Waals surface area contributed by atoms with Crippen LogP contribution in [0.1, 0.15) is 55.3 Å². The quantitative estimate of drug-likeness (QED) is 0.662. The zero-order valence-electron chi connectivity index (χ0n) is 18.1. The summed E-state index contributed by atoms with van der Waals surface area (Å²) in [6.07, 6.45) is 1.06. The SMILES string of the molecule is C[C@H](NC(=O)CCN1C(=O)c2ccccc2N2C(=O)CC[C@@]12C)c1cc2ccccc2o1. The Kier molecular flexibility index (Phi) is 4.77. The molecule has 2 aliphatic rings. The molecule has 7 heteroatoms. The summed E-state index contributed by atoms with van der Waals surface area (Å²) in [5.74, 6) is 0.360. The lowest BCUT2D eigenvalue weighted by atomic mass is 9.98. The standard InChI is InChI=1S/C25H25N3O4/c1-16(21-15-17-7-3-6-10-20(17)32-21)26-22(29)12-14-27-24(31)18-8-4-5-9-19(18)28-23(30)11-13-25(27,28)2/h3-10,15-16H,11-14H2,1-2H3,(H,26,29)/t16-,25-/m0/s1. The minimum absolute atomic E-state index is 0.000379. The highest BCUT2D eigenvalue weighted by atomic mass is 16.3. The maximum absolute atomic E-state index is 13.3. The molecule has 1 saturated heterocycles. The summed E-state index contributed by atoms with van der Waals surface area (Å²) in [6, 6.07) is 16.5. The number of rotatable bonds is 5. The van der Waals surface area contributed by atoms with Crippen molar-refractivity contribution in [2.75, 3.05) is 11.4 Å². The van der Waals surface area contributed by atoms with Gasteiger partial charge in [-0.25, -0.2) is 0 Å². The van der Waals surface area contributed by atoms with Crippen LogP contribution >= 0.6 is 0 Å². The molecule has 2 atom stereocenters. The van der Waals surface area contributed by atoms with E-state index < -0.39 is 5.66 Å². The maximum Gasteiger partial charge on any atom is 0.257 e. The minimum atomic E-state index is -0.757. The van der Waals surface area contributed by atoms with Gasteiger partial charge in [0.05, 0.1) is 17.3 Å². The Balaban J connectivity index is 1.31. The zero-order valence-corrected chi connectivity index (χ0v) is 18.1. The Morgan fingerprint density at radius 3 is 2.72 bits per heavy atom. The number of benzene rings is 2. The molecule has 7 nitrogen and oxygen atoms in total. The van der Waals surface area contributed by atoms with E-state index in [0.717, 1.165) is 11.0 Å². The number of carbonyl (C=O) groups excluding carboxylic acids is 3. The van der Waals surface area contributed by atoms with Crippen molar-refractivity contribution in [3.05, 3.63) is 65.9 Å². The highest BCUT2D eigenvalue weighted by Crippen LogP contribution is 2.44. The van der Waals surface area contributed by atoms with Crippen LogP contribution in [0.15, 0.2) is 59.0 Å². The van der Waals surface area contributed by atoms with Crippen LogP contribution in [0.25, 0.3) is 11.0 Å². The van der Waals surface area contributed by atoms with Gasteiger partial charge >= 0.3 is 0 Å². The molecule has 0 aliphatic carbocycles. The first-order chi connectivity index (χ1) is 15.4. The van der Waals surface area contributed by atoms with E-state index in [1.807, 2.05) is 56.3 Å². The van der Waals surface area contributed by atoms with Crippen molar-refractivity contribution in [3.8, 4) is 0 Å². The molecule has 0 spiro atoms. The average Bonchev–Trinajstić information content (AvgIpc) is 3.35. The lowest BCUT2D eigenvalue weighted by Crippen LogP contribution is -2.62. The molecule has 0 bridgehead atoms. The van der Waals surface area contributed by atoms with Crippen molar-refractivity contribution in [2.45, 2.75) is 44.8 Å². The van der Waals surface area contributed by atoms with E-state index in [9.17, 15) is 14.4 Å². The predicted octanol–water partition coefficient (Wildman–Crippen LogP) is 4.00. The minimum Gasteiger partial charge on any atom is -0.459 e. The van der Waals surface area contributed by atoms with Crippen molar-refractivity contribution < 1.29 is 18.8 Å². The molecule has 32 heavy (non-hydrogen) atoms. The normalized spacial score (nSPS) is 20.9. The Hall–Kier alpha value is -3.61. The summed E-state index contributed by atoms with van der Waals surface area (Å²) in [7, 11) is 0. The number of nitrogens with one attached hydrogen (secondary N) is 1. The summed E-state index contributed by atoms with van der Waals surface area (Å²) in [5.41, 5.74) is 1.17. The van der Waals surface area contributed by atoms with Crippen molar-refractivity contribution in [3.63, 3.8) is 0 Å². The van der Waals surface area contributed by atoms with Crippen LogP contribution in [-0.2, 0) is 9.59 Å². The van der Waals surface area contributed by atoms with Crippen molar-refractivity contribution in [2.24, 2.45) is 0 Å². The molecule has 5 rings (SSSR count). The second-order valence-electron chi connectivity index (χ2n) is 8.65. The van der Waals surface area contributed by atoms with Gasteiger partial charge < -0.3 is 14.6 Å².